The van der Waals surface area contributed by atoms with Gasteiger partial charge in [0.15, 0.2) is 0 Å². The Kier molecular flexibility index (Phi) is 35.3. The number of imide groups is 1. The Bertz CT molecular complexity index is 2780. The maximum atomic E-state index is 13.1. The summed E-state index contributed by atoms with van der Waals surface area (Å²) in [5.41, 5.74) is -0.0660. The van der Waals surface area contributed by atoms with Gasteiger partial charge in [-0.15, -0.1) is 0 Å². The highest BCUT2D eigenvalue weighted by molar-refractivity contribution is 7.89. The minimum atomic E-state index is -2.90. The molecule has 0 aromatic heterocycles. The van der Waals surface area contributed by atoms with Crippen molar-refractivity contribution in [3.63, 3.8) is 0 Å². The van der Waals surface area contributed by atoms with E-state index in [4.69, 9.17) is 4.74 Å². The van der Waals surface area contributed by atoms with Gasteiger partial charge in [-0.2, -0.15) is 4.31 Å². The standard InChI is InChI=1S/C13H15F2NO.C9H17NO.C8H14N2O2.C8H13NO.C7H14N2O.C6H13NO2S.C6H11NO2.C6H13NO.C5H12N2O/c1-9(17)16-4-2-10(3-5-16)11-6-12(14)8-13(15)7-11;1-7(2)10(3)9(11)8-5-4-6-8;1-5-10-6(11)8(2,3)9(4)7(10)12;1-8(3-4-8)7(10)9-5-2-6-9;1-7(2)5-8(3)6(10)9(7)4;1-6(2)4-5-10(8,9)7(6)3;1-6(8)7-2-4-9-5-3-7;1-5(2)7(4)6(3)8;1-4-7(3)5(8)6-2/h6-8,10H,2-5H2,1H3;7-8H,4-6H2,1-3H3;5H2,1-4H3;2-6H2,1H3;5H2,1-4H3;4-5H2,1-3H3;2-5H2,1H3;5H,1-4H3;4H2,1-3H3,(H,6,8). The van der Waals surface area contributed by atoms with Gasteiger partial charge >= 0.3 is 18.1 Å². The van der Waals surface area contributed by atoms with Crippen molar-refractivity contribution in [2.45, 2.75) is 203 Å². The first kappa shape index (κ1) is 86.8. The lowest BCUT2D eigenvalue weighted by Gasteiger charge is -2.33. The Labute approximate surface area is 569 Å². The molecule has 1 aromatic carbocycles. The van der Waals surface area contributed by atoms with Crippen molar-refractivity contribution in [2.75, 3.05) is 134 Å². The molecule has 8 aliphatic rings. The number of halogens is 2. The number of likely N-dealkylation sites (N-methyl/N-ethyl adjacent to an activating group) is 4. The molecule has 1 aromatic rings. The van der Waals surface area contributed by atoms with Gasteiger partial charge in [0.25, 0.3) is 5.91 Å². The number of morpholine rings is 1. The van der Waals surface area contributed by atoms with E-state index < -0.39 is 27.2 Å². The summed E-state index contributed by atoms with van der Waals surface area (Å²) >= 11 is 0. The van der Waals surface area contributed by atoms with Gasteiger partial charge < -0.3 is 54.2 Å². The normalized spacial score (nSPS) is 20.1. The molecule has 2 aliphatic carbocycles. The average Bonchev–Trinajstić information content (AvgIpc) is 1.66. The smallest absolute Gasteiger partial charge is 0.327 e. The first-order valence-corrected chi connectivity index (χ1v) is 35.2. The van der Waals surface area contributed by atoms with Gasteiger partial charge in [0, 0.05) is 171 Å². The molecule has 6 aliphatic heterocycles. The van der Waals surface area contributed by atoms with E-state index in [0.717, 1.165) is 90.3 Å². The number of ether oxygens (including phenoxy) is 1. The SMILES string of the molecule is CC(=O)N(C)C(C)C.CC(=O)N1CCC(c2cc(F)cc(F)c2)CC1.CC(=O)N1CCOCC1.CC(C)N(C)C(=O)C1CCC1.CC1(C(=O)N2CCC2)CC1.CCN(C)C(=O)NC.CCN1C(=O)N(C)C(C)(C)C1=O.CN1C(C)(C)CCS1(=O)=O.CN1CC(C)(C)N(C)C1=O. The summed E-state index contributed by atoms with van der Waals surface area (Å²) in [6, 6.07) is 4.21. The minimum absolute atomic E-state index is 0.00579. The van der Waals surface area contributed by atoms with Gasteiger partial charge in [0.05, 0.1) is 24.5 Å². The zero-order valence-corrected chi connectivity index (χ0v) is 63.2. The second-order valence-electron chi connectivity index (χ2n) is 28.1. The molecule has 2 saturated carbocycles. The van der Waals surface area contributed by atoms with E-state index in [1.165, 1.54) is 39.1 Å². The predicted molar refractivity (Wildman–Crippen MR) is 369 cm³/mol. The van der Waals surface area contributed by atoms with Crippen molar-refractivity contribution in [3.05, 3.63) is 35.4 Å². The van der Waals surface area contributed by atoms with Crippen LogP contribution >= 0.6 is 0 Å². The van der Waals surface area contributed by atoms with E-state index >= 15 is 0 Å². The number of likely N-dealkylation sites (tertiary alicyclic amines) is 2. The summed E-state index contributed by atoms with van der Waals surface area (Å²) in [5.74, 6) is 0.701. The lowest BCUT2D eigenvalue weighted by Crippen LogP contribution is -2.45. The van der Waals surface area contributed by atoms with E-state index in [0.29, 0.717) is 74.0 Å². The third kappa shape index (κ3) is 27.0. The van der Waals surface area contributed by atoms with Gasteiger partial charge in [-0.1, -0.05) is 13.3 Å². The predicted octanol–water partition coefficient (Wildman–Crippen LogP) is 8.25. The number of rotatable bonds is 7. The van der Waals surface area contributed by atoms with Crippen LogP contribution in [-0.2, 0) is 43.5 Å². The molecule has 0 unspecified atom stereocenters. The van der Waals surface area contributed by atoms with Crippen molar-refractivity contribution in [3.8, 4) is 0 Å². The van der Waals surface area contributed by atoms with Crippen molar-refractivity contribution in [1.82, 2.24) is 58.6 Å². The molecule has 546 valence electrons. The molecular weight excluding hydrogens is 1250 g/mol. The van der Waals surface area contributed by atoms with Crippen molar-refractivity contribution >= 4 is 63.6 Å². The zero-order chi connectivity index (χ0) is 73.5. The van der Waals surface area contributed by atoms with Crippen LogP contribution < -0.4 is 5.32 Å². The van der Waals surface area contributed by atoms with E-state index in [2.05, 4.69) is 39.9 Å². The average molecular weight is 1370 g/mol. The van der Waals surface area contributed by atoms with E-state index in [9.17, 15) is 60.3 Å². The molecule has 27 heteroatoms. The second kappa shape index (κ2) is 38.7. The molecule has 0 atom stereocenters. The third-order valence-corrected chi connectivity index (χ3v) is 21.2. The molecule has 6 saturated heterocycles. The highest BCUT2D eigenvalue weighted by Crippen LogP contribution is 2.47. The number of amides is 12. The summed E-state index contributed by atoms with van der Waals surface area (Å²) in [5, 5.41) is 2.50. The minimum Gasteiger partial charge on any atom is -0.378 e. The van der Waals surface area contributed by atoms with Gasteiger partial charge in [0.1, 0.15) is 17.2 Å². The van der Waals surface area contributed by atoms with Crippen LogP contribution in [-0.4, -0.2) is 278 Å². The molecular formula is C68H122F2N12O12S. The molecule has 95 heavy (non-hydrogen) atoms. The number of sulfonamides is 1. The Balaban J connectivity index is 0.000000540. The Morgan fingerprint density at radius 3 is 1.37 bits per heavy atom. The van der Waals surface area contributed by atoms with E-state index in [-0.39, 0.29) is 64.1 Å². The lowest BCUT2D eigenvalue weighted by molar-refractivity contribution is -0.140. The van der Waals surface area contributed by atoms with Crippen LogP contribution in [0.1, 0.15) is 180 Å². The largest absolute Gasteiger partial charge is 0.378 e. The topological polar surface area (TPSA) is 245 Å². The number of hydrogen-bond acceptors (Lipinski definition) is 12. The summed E-state index contributed by atoms with van der Waals surface area (Å²) in [7, 11) is 11.1. The van der Waals surface area contributed by atoms with E-state index in [1.54, 1.807) is 106 Å². The van der Waals surface area contributed by atoms with Gasteiger partial charge in [-0.25, -0.2) is 31.6 Å². The van der Waals surface area contributed by atoms with Crippen molar-refractivity contribution in [1.29, 1.82) is 0 Å². The number of urea groups is 3. The Morgan fingerprint density at radius 1 is 0.653 bits per heavy atom. The summed E-state index contributed by atoms with van der Waals surface area (Å²) in [4.78, 5) is 117. The number of benzene rings is 1. The maximum absolute atomic E-state index is 13.1. The van der Waals surface area contributed by atoms with Crippen LogP contribution in [0.25, 0.3) is 0 Å². The van der Waals surface area contributed by atoms with Crippen LogP contribution in [0.2, 0.25) is 0 Å². The zero-order valence-electron chi connectivity index (χ0n) is 62.4. The van der Waals surface area contributed by atoms with Crippen molar-refractivity contribution in [2.24, 2.45) is 11.3 Å². The number of carbonyl (C=O) groups excluding carboxylic acids is 9. The molecule has 0 bridgehead atoms. The van der Waals surface area contributed by atoms with Crippen LogP contribution in [0.15, 0.2) is 18.2 Å². The Morgan fingerprint density at radius 2 is 1.14 bits per heavy atom. The lowest BCUT2D eigenvalue weighted by atomic mass is 9.84. The second-order valence-corrected chi connectivity index (χ2v) is 30.2. The summed E-state index contributed by atoms with van der Waals surface area (Å²) in [6.45, 7) is 38.4. The molecule has 8 fully saturated rings. The van der Waals surface area contributed by atoms with Gasteiger partial charge in [0.2, 0.25) is 39.6 Å². The van der Waals surface area contributed by atoms with E-state index in [1.807, 2.05) is 65.6 Å². The fourth-order valence-corrected chi connectivity index (χ4v) is 11.9. The van der Waals surface area contributed by atoms with Gasteiger partial charge in [-0.3, -0.25) is 33.7 Å². The van der Waals surface area contributed by atoms with Crippen LogP contribution in [0.5, 0.6) is 0 Å². The number of nitrogens with zero attached hydrogens (tertiary/aromatic N) is 11. The maximum Gasteiger partial charge on any atom is 0.327 e. The summed E-state index contributed by atoms with van der Waals surface area (Å²) < 4.78 is 54.9. The fourth-order valence-electron chi connectivity index (χ4n) is 9.99. The number of carbonyl (C=O) groups is 9. The first-order valence-electron chi connectivity index (χ1n) is 33.6. The molecule has 9 rings (SSSR count). The molecule has 12 amide bonds. The molecule has 0 spiro atoms. The highest BCUT2D eigenvalue weighted by Gasteiger charge is 2.49. The fraction of sp³-hybridized carbons (Fsp3) is 0.779. The Hall–Kier alpha value is -6.22. The number of piperidine rings is 1. The summed E-state index contributed by atoms with van der Waals surface area (Å²) in [6.07, 6.45) is 9.16. The number of hydrogen-bond donors (Lipinski definition) is 1. The quantitative estimate of drug-likeness (QED) is 0.254. The van der Waals surface area contributed by atoms with Crippen molar-refractivity contribution < 1.29 is 65.1 Å². The molecule has 1 N–H and O–H groups in total. The monoisotopic (exact) mass is 1370 g/mol. The van der Waals surface area contributed by atoms with Crippen LogP contribution in [0, 0.1) is 23.0 Å². The van der Waals surface area contributed by atoms with Crippen LogP contribution in [0.3, 0.4) is 0 Å². The third-order valence-electron chi connectivity index (χ3n) is 19.1. The molecule has 6 heterocycles. The molecule has 24 nitrogen and oxygen atoms in total. The first-order chi connectivity index (χ1) is 43.7. The molecule has 0 radical (unpaired) electrons. The van der Waals surface area contributed by atoms with Gasteiger partial charge in [-0.05, 0) is 158 Å². The van der Waals surface area contributed by atoms with Crippen LogP contribution in [0.4, 0.5) is 23.2 Å². The number of nitrogens with one attached hydrogen (secondary N) is 1. The highest BCUT2D eigenvalue weighted by atomic mass is 32.2.